The maximum Gasteiger partial charge on any atom is 0.0471 e. The summed E-state index contributed by atoms with van der Waals surface area (Å²) in [5, 5.41) is 4.35. The number of nitrogens with one attached hydrogen (secondary N) is 1. The van der Waals surface area contributed by atoms with Gasteiger partial charge in [-0.2, -0.15) is 0 Å². The van der Waals surface area contributed by atoms with Crippen LogP contribution in [0.3, 0.4) is 0 Å². The molecule has 112 valence electrons. The number of hydrogen-bond acceptors (Lipinski definition) is 2. The molecule has 1 N–H and O–H groups in total. The van der Waals surface area contributed by atoms with Crippen LogP contribution in [0.2, 0.25) is 5.02 Å². The van der Waals surface area contributed by atoms with Crippen LogP contribution in [0.1, 0.15) is 45.1 Å². The first kappa shape index (κ1) is 15.7. The zero-order chi connectivity index (χ0) is 14.5. The lowest BCUT2D eigenvalue weighted by molar-refractivity contribution is 0.544. The molecule has 1 aromatic rings. The number of nitrogens with zero attached hydrogens (tertiary/aromatic N) is 1. The van der Waals surface area contributed by atoms with E-state index >= 15 is 0 Å². The van der Waals surface area contributed by atoms with Crippen molar-refractivity contribution in [3.63, 3.8) is 0 Å². The van der Waals surface area contributed by atoms with Crippen molar-refractivity contribution in [2.24, 2.45) is 5.92 Å². The van der Waals surface area contributed by atoms with Gasteiger partial charge in [0, 0.05) is 42.5 Å². The third-order valence-electron chi connectivity index (χ3n) is 4.20. The summed E-state index contributed by atoms with van der Waals surface area (Å²) in [6, 6.07) is 6.71. The highest BCUT2D eigenvalue weighted by atomic mass is 35.5. The molecule has 1 saturated carbocycles. The van der Waals surface area contributed by atoms with Crippen LogP contribution in [0.15, 0.2) is 18.2 Å². The normalized spacial score (nSPS) is 16.1. The standard InChI is InChI=1S/C17H27ClN2/c1-13(2)19-11-15-16(18)9-6-10-17(15)20(3)12-14-7-4-5-8-14/h6,9-10,13-14,19H,4-5,7-8,11-12H2,1-3H3. The molecule has 0 atom stereocenters. The molecule has 0 unspecified atom stereocenters. The van der Waals surface area contributed by atoms with Gasteiger partial charge in [0.2, 0.25) is 0 Å². The minimum atomic E-state index is 0.472. The van der Waals surface area contributed by atoms with Crippen LogP contribution >= 0.6 is 11.6 Å². The van der Waals surface area contributed by atoms with Gasteiger partial charge in [-0.25, -0.2) is 0 Å². The molecule has 3 heteroatoms. The SMILES string of the molecule is CC(C)NCc1c(Cl)cccc1N(C)CC1CCCC1. The van der Waals surface area contributed by atoms with Gasteiger partial charge in [0.05, 0.1) is 0 Å². The van der Waals surface area contributed by atoms with Crippen LogP contribution in [0.25, 0.3) is 0 Å². The van der Waals surface area contributed by atoms with Crippen molar-refractivity contribution in [2.75, 3.05) is 18.5 Å². The second-order valence-electron chi connectivity index (χ2n) is 6.30. The minimum absolute atomic E-state index is 0.472. The fourth-order valence-electron chi connectivity index (χ4n) is 3.06. The third kappa shape index (κ3) is 4.13. The zero-order valence-electron chi connectivity index (χ0n) is 13.0. The third-order valence-corrected chi connectivity index (χ3v) is 4.55. The fraction of sp³-hybridized carbons (Fsp3) is 0.647. The number of rotatable bonds is 6. The maximum atomic E-state index is 6.41. The van der Waals surface area contributed by atoms with Gasteiger partial charge in [-0.3, -0.25) is 0 Å². The molecular formula is C17H27ClN2. The van der Waals surface area contributed by atoms with Gasteiger partial charge in [-0.1, -0.05) is 44.4 Å². The van der Waals surface area contributed by atoms with Gasteiger partial charge in [0.1, 0.15) is 0 Å². The molecule has 0 heterocycles. The first-order chi connectivity index (χ1) is 9.58. The van der Waals surface area contributed by atoms with Crippen LogP contribution in [0.4, 0.5) is 5.69 Å². The van der Waals surface area contributed by atoms with E-state index in [1.54, 1.807) is 0 Å². The predicted octanol–water partition coefficient (Wildman–Crippen LogP) is 4.46. The molecule has 1 aliphatic carbocycles. The smallest absolute Gasteiger partial charge is 0.0471 e. The Morgan fingerprint density at radius 3 is 2.65 bits per heavy atom. The van der Waals surface area contributed by atoms with Crippen LogP contribution in [-0.4, -0.2) is 19.6 Å². The van der Waals surface area contributed by atoms with Crippen molar-refractivity contribution in [3.05, 3.63) is 28.8 Å². The van der Waals surface area contributed by atoms with Gasteiger partial charge in [-0.05, 0) is 30.9 Å². The highest BCUT2D eigenvalue weighted by Crippen LogP contribution is 2.30. The van der Waals surface area contributed by atoms with E-state index in [4.69, 9.17) is 11.6 Å². The first-order valence-electron chi connectivity index (χ1n) is 7.80. The summed E-state index contributed by atoms with van der Waals surface area (Å²) in [6.45, 7) is 6.31. The number of hydrogen-bond donors (Lipinski definition) is 1. The van der Waals surface area contributed by atoms with Crippen LogP contribution in [0.5, 0.6) is 0 Å². The summed E-state index contributed by atoms with van der Waals surface area (Å²) in [5.41, 5.74) is 2.50. The van der Waals surface area contributed by atoms with Gasteiger partial charge in [0.25, 0.3) is 0 Å². The molecule has 20 heavy (non-hydrogen) atoms. The molecule has 0 spiro atoms. The average Bonchev–Trinajstić information content (AvgIpc) is 2.89. The Balaban J connectivity index is 2.10. The monoisotopic (exact) mass is 294 g/mol. The van der Waals surface area contributed by atoms with Gasteiger partial charge >= 0.3 is 0 Å². The van der Waals surface area contributed by atoms with Gasteiger partial charge < -0.3 is 10.2 Å². The van der Waals surface area contributed by atoms with E-state index in [1.807, 2.05) is 6.07 Å². The molecule has 0 saturated heterocycles. The molecule has 1 fully saturated rings. The molecule has 0 bridgehead atoms. The predicted molar refractivity (Wildman–Crippen MR) is 88.7 cm³/mol. The maximum absolute atomic E-state index is 6.41. The lowest BCUT2D eigenvalue weighted by Gasteiger charge is -2.26. The van der Waals surface area contributed by atoms with E-state index in [1.165, 1.54) is 36.9 Å². The summed E-state index contributed by atoms with van der Waals surface area (Å²) in [6.07, 6.45) is 5.56. The summed E-state index contributed by atoms with van der Waals surface area (Å²) in [7, 11) is 2.20. The van der Waals surface area contributed by atoms with Crippen molar-refractivity contribution < 1.29 is 0 Å². The molecule has 0 amide bonds. The Kier molecular flexibility index (Phi) is 5.74. The molecule has 2 rings (SSSR count). The Morgan fingerprint density at radius 2 is 2.00 bits per heavy atom. The van der Waals surface area contributed by atoms with Crippen LogP contribution < -0.4 is 10.2 Å². The minimum Gasteiger partial charge on any atom is -0.374 e. The first-order valence-corrected chi connectivity index (χ1v) is 8.17. The van der Waals surface area contributed by atoms with Crippen LogP contribution in [-0.2, 0) is 6.54 Å². The van der Waals surface area contributed by atoms with Crippen molar-refractivity contribution in [1.29, 1.82) is 0 Å². The lowest BCUT2D eigenvalue weighted by Crippen LogP contribution is -2.27. The van der Waals surface area contributed by atoms with Gasteiger partial charge in [-0.15, -0.1) is 0 Å². The Bertz CT molecular complexity index is 425. The molecule has 2 nitrogen and oxygen atoms in total. The second kappa shape index (κ2) is 7.33. The van der Waals surface area contributed by atoms with Crippen molar-refractivity contribution in [1.82, 2.24) is 5.32 Å². The Morgan fingerprint density at radius 1 is 1.30 bits per heavy atom. The summed E-state index contributed by atoms with van der Waals surface area (Å²) in [4.78, 5) is 2.39. The quantitative estimate of drug-likeness (QED) is 0.833. The molecule has 1 aliphatic rings. The molecule has 1 aromatic carbocycles. The van der Waals surface area contributed by atoms with Crippen molar-refractivity contribution in [3.8, 4) is 0 Å². The van der Waals surface area contributed by atoms with E-state index in [2.05, 4.69) is 43.2 Å². The van der Waals surface area contributed by atoms with E-state index in [-0.39, 0.29) is 0 Å². The topological polar surface area (TPSA) is 15.3 Å². The zero-order valence-corrected chi connectivity index (χ0v) is 13.7. The van der Waals surface area contributed by atoms with E-state index in [0.29, 0.717) is 6.04 Å². The van der Waals surface area contributed by atoms with E-state index in [0.717, 1.165) is 24.0 Å². The Labute approximate surface area is 128 Å². The molecule has 0 aromatic heterocycles. The van der Waals surface area contributed by atoms with Crippen LogP contribution in [0, 0.1) is 5.92 Å². The molecule has 0 radical (unpaired) electrons. The fourth-order valence-corrected chi connectivity index (χ4v) is 3.30. The summed E-state index contributed by atoms with van der Waals surface area (Å²) in [5.74, 6) is 0.852. The molecule has 0 aliphatic heterocycles. The number of halogens is 1. The summed E-state index contributed by atoms with van der Waals surface area (Å²) < 4.78 is 0. The number of anilines is 1. The highest BCUT2D eigenvalue weighted by Gasteiger charge is 2.19. The number of benzene rings is 1. The lowest BCUT2D eigenvalue weighted by atomic mass is 10.1. The highest BCUT2D eigenvalue weighted by molar-refractivity contribution is 6.31. The largest absolute Gasteiger partial charge is 0.374 e. The van der Waals surface area contributed by atoms with Crippen molar-refractivity contribution >= 4 is 17.3 Å². The Hall–Kier alpha value is -0.730. The average molecular weight is 295 g/mol. The summed E-state index contributed by atoms with van der Waals surface area (Å²) >= 11 is 6.41. The van der Waals surface area contributed by atoms with E-state index < -0.39 is 0 Å². The molecular weight excluding hydrogens is 268 g/mol. The van der Waals surface area contributed by atoms with E-state index in [9.17, 15) is 0 Å². The van der Waals surface area contributed by atoms with Crippen molar-refractivity contribution in [2.45, 2.75) is 52.1 Å². The van der Waals surface area contributed by atoms with Gasteiger partial charge in [0.15, 0.2) is 0 Å². The second-order valence-corrected chi connectivity index (χ2v) is 6.71.